The topological polar surface area (TPSA) is 98.5 Å². The van der Waals surface area contributed by atoms with Crippen molar-refractivity contribution in [2.75, 3.05) is 17.1 Å². The second-order valence-electron chi connectivity index (χ2n) is 4.53. The van der Waals surface area contributed by atoms with Gasteiger partial charge < -0.3 is 4.74 Å². The third-order valence-electron chi connectivity index (χ3n) is 2.79. The summed E-state index contributed by atoms with van der Waals surface area (Å²) in [5.41, 5.74) is 0.0879. The number of nitro benzene ring substituents is 1. The number of nitrogens with zero attached hydrogens (tertiary/aromatic N) is 1. The highest BCUT2D eigenvalue weighted by atomic mass is 32.2. The Balaban J connectivity index is 1.88. The molecule has 0 saturated heterocycles. The van der Waals surface area contributed by atoms with E-state index in [1.54, 1.807) is 0 Å². The Bertz CT molecular complexity index is 776. The molecule has 1 N–H and O–H groups in total. The number of halogens is 1. The summed E-state index contributed by atoms with van der Waals surface area (Å²) in [6.07, 6.45) is 0. The molecule has 0 aliphatic rings. The van der Waals surface area contributed by atoms with E-state index >= 15 is 0 Å². The molecule has 7 nitrogen and oxygen atoms in total. The highest BCUT2D eigenvalue weighted by molar-refractivity contribution is 7.92. The van der Waals surface area contributed by atoms with Gasteiger partial charge in [-0.25, -0.2) is 12.8 Å². The number of rotatable bonds is 7. The maximum Gasteiger partial charge on any atom is 0.269 e. The van der Waals surface area contributed by atoms with Gasteiger partial charge in [-0.05, 0) is 36.4 Å². The van der Waals surface area contributed by atoms with Crippen LogP contribution in [0.3, 0.4) is 0 Å². The molecule has 0 amide bonds. The SMILES string of the molecule is O=[N+]([O-])c1ccc(NS(=O)(=O)CCOc2ccc(F)cc2)cc1. The summed E-state index contributed by atoms with van der Waals surface area (Å²) in [5, 5.41) is 10.5. The standard InChI is InChI=1S/C14H13FN2O5S/c15-11-1-7-14(8-2-11)22-9-10-23(20,21)16-12-3-5-13(6-4-12)17(18)19/h1-8,16H,9-10H2. The van der Waals surface area contributed by atoms with Gasteiger partial charge in [-0.3, -0.25) is 14.8 Å². The van der Waals surface area contributed by atoms with E-state index in [0.717, 1.165) is 0 Å². The molecule has 23 heavy (non-hydrogen) atoms. The molecule has 2 rings (SSSR count). The Kier molecular flexibility index (Phi) is 5.12. The van der Waals surface area contributed by atoms with Crippen molar-refractivity contribution < 1.29 is 22.5 Å². The summed E-state index contributed by atoms with van der Waals surface area (Å²) in [6, 6.07) is 10.2. The van der Waals surface area contributed by atoms with Crippen molar-refractivity contribution in [3.63, 3.8) is 0 Å². The molecule has 0 fully saturated rings. The number of ether oxygens (including phenoxy) is 1. The van der Waals surface area contributed by atoms with Gasteiger partial charge in [0.05, 0.1) is 4.92 Å². The third kappa shape index (κ3) is 5.22. The highest BCUT2D eigenvalue weighted by Crippen LogP contribution is 2.16. The van der Waals surface area contributed by atoms with Crippen molar-refractivity contribution in [3.05, 3.63) is 64.5 Å². The molecule has 0 spiro atoms. The van der Waals surface area contributed by atoms with Gasteiger partial charge in [0.25, 0.3) is 5.69 Å². The molecular formula is C14H13FN2O5S. The predicted molar refractivity (Wildman–Crippen MR) is 82.4 cm³/mol. The van der Waals surface area contributed by atoms with Crippen LogP contribution in [0.15, 0.2) is 48.5 Å². The first-order valence-electron chi connectivity index (χ1n) is 6.49. The minimum atomic E-state index is -3.66. The zero-order valence-corrected chi connectivity index (χ0v) is 12.6. The van der Waals surface area contributed by atoms with Gasteiger partial charge in [0.2, 0.25) is 10.0 Å². The number of hydrogen-bond donors (Lipinski definition) is 1. The Hall–Kier alpha value is -2.68. The summed E-state index contributed by atoms with van der Waals surface area (Å²) in [7, 11) is -3.66. The zero-order chi connectivity index (χ0) is 16.9. The van der Waals surface area contributed by atoms with Crippen LogP contribution < -0.4 is 9.46 Å². The van der Waals surface area contributed by atoms with E-state index in [2.05, 4.69) is 4.72 Å². The van der Waals surface area contributed by atoms with E-state index in [4.69, 9.17) is 4.74 Å². The van der Waals surface area contributed by atoms with Crippen LogP contribution in [0, 0.1) is 15.9 Å². The number of nitro groups is 1. The average Bonchev–Trinajstić information content (AvgIpc) is 2.49. The minimum Gasteiger partial charge on any atom is -0.492 e. The maximum atomic E-state index is 12.7. The number of hydrogen-bond acceptors (Lipinski definition) is 5. The first kappa shape index (κ1) is 16.7. The van der Waals surface area contributed by atoms with Gasteiger partial charge in [0, 0.05) is 17.8 Å². The van der Waals surface area contributed by atoms with Gasteiger partial charge in [-0.15, -0.1) is 0 Å². The van der Waals surface area contributed by atoms with Crippen molar-refractivity contribution >= 4 is 21.4 Å². The van der Waals surface area contributed by atoms with Gasteiger partial charge in [0.15, 0.2) is 0 Å². The van der Waals surface area contributed by atoms with Crippen LogP contribution in [-0.2, 0) is 10.0 Å². The van der Waals surface area contributed by atoms with Crippen molar-refractivity contribution in [3.8, 4) is 5.75 Å². The fourth-order valence-electron chi connectivity index (χ4n) is 1.68. The summed E-state index contributed by atoms with van der Waals surface area (Å²) in [4.78, 5) is 9.95. The van der Waals surface area contributed by atoms with Crippen LogP contribution in [0.5, 0.6) is 5.75 Å². The Morgan fingerprint density at radius 3 is 2.26 bits per heavy atom. The largest absolute Gasteiger partial charge is 0.492 e. The van der Waals surface area contributed by atoms with Crippen molar-refractivity contribution in [2.45, 2.75) is 0 Å². The first-order valence-corrected chi connectivity index (χ1v) is 8.14. The van der Waals surface area contributed by atoms with Crippen LogP contribution >= 0.6 is 0 Å². The molecule has 0 aromatic heterocycles. The normalized spacial score (nSPS) is 11.0. The lowest BCUT2D eigenvalue weighted by molar-refractivity contribution is -0.384. The van der Waals surface area contributed by atoms with E-state index in [9.17, 15) is 22.9 Å². The molecule has 2 aromatic rings. The molecular weight excluding hydrogens is 327 g/mol. The van der Waals surface area contributed by atoms with Gasteiger partial charge in [-0.1, -0.05) is 0 Å². The quantitative estimate of drug-likeness (QED) is 0.617. The van der Waals surface area contributed by atoms with Crippen molar-refractivity contribution in [1.82, 2.24) is 0 Å². The lowest BCUT2D eigenvalue weighted by atomic mass is 10.3. The third-order valence-corrected chi connectivity index (χ3v) is 4.04. The monoisotopic (exact) mass is 340 g/mol. The molecule has 9 heteroatoms. The van der Waals surface area contributed by atoms with E-state index in [1.165, 1.54) is 48.5 Å². The minimum absolute atomic E-state index is 0.117. The first-order chi connectivity index (χ1) is 10.9. The lowest BCUT2D eigenvalue weighted by Gasteiger charge is -2.09. The van der Waals surface area contributed by atoms with Crippen LogP contribution in [0.25, 0.3) is 0 Å². The highest BCUT2D eigenvalue weighted by Gasteiger charge is 2.12. The lowest BCUT2D eigenvalue weighted by Crippen LogP contribution is -2.21. The van der Waals surface area contributed by atoms with Crippen molar-refractivity contribution in [1.29, 1.82) is 0 Å². The molecule has 0 atom stereocenters. The molecule has 0 heterocycles. The fraction of sp³-hybridized carbons (Fsp3) is 0.143. The van der Waals surface area contributed by atoms with Crippen LogP contribution in [0.1, 0.15) is 0 Å². The second kappa shape index (κ2) is 7.05. The van der Waals surface area contributed by atoms with E-state index < -0.39 is 20.8 Å². The predicted octanol–water partition coefficient (Wildman–Crippen LogP) is 2.55. The van der Waals surface area contributed by atoms with Crippen LogP contribution in [-0.4, -0.2) is 25.7 Å². The summed E-state index contributed by atoms with van der Waals surface area (Å²) in [5.74, 6) is -0.372. The second-order valence-corrected chi connectivity index (χ2v) is 6.37. The molecule has 122 valence electrons. The molecule has 0 aliphatic carbocycles. The van der Waals surface area contributed by atoms with Gasteiger partial charge >= 0.3 is 0 Å². The number of nitrogens with one attached hydrogen (secondary N) is 1. The number of anilines is 1. The smallest absolute Gasteiger partial charge is 0.269 e. The number of non-ortho nitro benzene ring substituents is 1. The van der Waals surface area contributed by atoms with Gasteiger partial charge in [-0.2, -0.15) is 0 Å². The molecule has 0 unspecified atom stereocenters. The van der Waals surface area contributed by atoms with Crippen LogP contribution in [0.4, 0.5) is 15.8 Å². The molecule has 2 aromatic carbocycles. The zero-order valence-electron chi connectivity index (χ0n) is 11.8. The molecule has 0 aliphatic heterocycles. The average molecular weight is 340 g/mol. The van der Waals surface area contributed by atoms with Crippen LogP contribution in [0.2, 0.25) is 0 Å². The Morgan fingerprint density at radius 2 is 1.70 bits per heavy atom. The maximum absolute atomic E-state index is 12.7. The Labute approximate surface area is 131 Å². The van der Waals surface area contributed by atoms with Gasteiger partial charge in [0.1, 0.15) is 23.9 Å². The van der Waals surface area contributed by atoms with E-state index in [1.807, 2.05) is 0 Å². The van der Waals surface area contributed by atoms with E-state index in [-0.39, 0.29) is 23.7 Å². The summed E-state index contributed by atoms with van der Waals surface area (Å²) in [6.45, 7) is -0.117. The number of sulfonamides is 1. The Morgan fingerprint density at radius 1 is 1.09 bits per heavy atom. The number of benzene rings is 2. The summed E-state index contributed by atoms with van der Waals surface area (Å²) >= 11 is 0. The molecule has 0 bridgehead atoms. The fourth-order valence-corrected chi connectivity index (χ4v) is 2.58. The van der Waals surface area contributed by atoms with E-state index in [0.29, 0.717) is 5.75 Å². The molecule has 0 radical (unpaired) electrons. The summed E-state index contributed by atoms with van der Waals surface area (Å²) < 4.78 is 44.0. The molecule has 0 saturated carbocycles. The van der Waals surface area contributed by atoms with Crippen molar-refractivity contribution in [2.24, 2.45) is 0 Å².